The van der Waals surface area contributed by atoms with Crippen LogP contribution in [0.5, 0.6) is 0 Å². The SMILES string of the molecule is C=CC(=O)Nc1cccc(-c2cnc3[nH]cc(-c4cccc(SN(C)C)c4)c3c2)c1. The lowest BCUT2D eigenvalue weighted by atomic mass is 10.0. The number of anilines is 1. The summed E-state index contributed by atoms with van der Waals surface area (Å²) >= 11 is 1.69. The molecule has 4 aromatic rings. The van der Waals surface area contributed by atoms with E-state index in [0.717, 1.165) is 39.0 Å². The number of pyridine rings is 1. The third-order valence-electron chi connectivity index (χ3n) is 4.61. The number of hydrogen-bond donors (Lipinski definition) is 2. The smallest absolute Gasteiger partial charge is 0.247 e. The fourth-order valence-electron chi connectivity index (χ4n) is 3.30. The van der Waals surface area contributed by atoms with Gasteiger partial charge in [0.2, 0.25) is 5.91 Å². The number of fused-ring (bicyclic) bond motifs is 1. The number of carbonyl (C=O) groups is 1. The van der Waals surface area contributed by atoms with E-state index in [2.05, 4.69) is 56.5 Å². The second-order valence-electron chi connectivity index (χ2n) is 7.03. The minimum atomic E-state index is -0.232. The maximum absolute atomic E-state index is 11.6. The molecule has 2 aromatic heterocycles. The van der Waals surface area contributed by atoms with Crippen molar-refractivity contribution >= 4 is 34.6 Å². The van der Waals surface area contributed by atoms with Crippen molar-refractivity contribution in [3.05, 3.63) is 79.6 Å². The van der Waals surface area contributed by atoms with Crippen LogP contribution in [-0.4, -0.2) is 34.3 Å². The number of H-pyrrole nitrogens is 1. The maximum Gasteiger partial charge on any atom is 0.247 e. The molecule has 0 aliphatic heterocycles. The first kappa shape index (κ1) is 19.9. The lowest BCUT2D eigenvalue weighted by molar-refractivity contribution is -0.111. The van der Waals surface area contributed by atoms with Gasteiger partial charge in [-0.3, -0.25) is 9.10 Å². The number of amides is 1. The van der Waals surface area contributed by atoms with Crippen LogP contribution in [0, 0.1) is 0 Å². The number of benzene rings is 2. The fourth-order valence-corrected chi connectivity index (χ4v) is 4.04. The number of hydrogen-bond acceptors (Lipinski definition) is 4. The van der Waals surface area contributed by atoms with Gasteiger partial charge in [-0.2, -0.15) is 0 Å². The topological polar surface area (TPSA) is 61.0 Å². The summed E-state index contributed by atoms with van der Waals surface area (Å²) in [5, 5.41) is 3.86. The van der Waals surface area contributed by atoms with E-state index in [0.29, 0.717) is 0 Å². The molecule has 30 heavy (non-hydrogen) atoms. The zero-order valence-electron chi connectivity index (χ0n) is 16.8. The van der Waals surface area contributed by atoms with Gasteiger partial charge in [0.15, 0.2) is 0 Å². The third-order valence-corrected chi connectivity index (χ3v) is 5.44. The Morgan fingerprint density at radius 1 is 1.10 bits per heavy atom. The molecule has 0 unspecified atom stereocenters. The van der Waals surface area contributed by atoms with E-state index >= 15 is 0 Å². The minimum absolute atomic E-state index is 0.232. The number of nitrogens with zero attached hydrogens (tertiary/aromatic N) is 2. The molecule has 0 fully saturated rings. The van der Waals surface area contributed by atoms with Gasteiger partial charge in [-0.15, -0.1) is 0 Å². The highest BCUT2D eigenvalue weighted by atomic mass is 32.2. The van der Waals surface area contributed by atoms with E-state index in [1.165, 1.54) is 11.0 Å². The van der Waals surface area contributed by atoms with Crippen LogP contribution in [0.2, 0.25) is 0 Å². The second-order valence-corrected chi connectivity index (χ2v) is 8.41. The van der Waals surface area contributed by atoms with Crippen LogP contribution in [0.25, 0.3) is 33.3 Å². The molecule has 0 bridgehead atoms. The Hall–Kier alpha value is -3.35. The normalized spacial score (nSPS) is 11.0. The molecule has 0 saturated heterocycles. The van der Waals surface area contributed by atoms with Gasteiger partial charge >= 0.3 is 0 Å². The van der Waals surface area contributed by atoms with Crippen LogP contribution >= 0.6 is 11.9 Å². The Balaban J connectivity index is 1.73. The predicted molar refractivity (Wildman–Crippen MR) is 125 cm³/mol. The van der Waals surface area contributed by atoms with E-state index in [4.69, 9.17) is 0 Å². The summed E-state index contributed by atoms with van der Waals surface area (Å²) < 4.78 is 2.08. The molecule has 6 heteroatoms. The van der Waals surface area contributed by atoms with Gasteiger partial charge in [-0.05, 0) is 73.6 Å². The molecule has 2 aromatic carbocycles. The predicted octanol–water partition coefficient (Wildman–Crippen LogP) is 5.59. The van der Waals surface area contributed by atoms with Crippen LogP contribution in [-0.2, 0) is 4.79 Å². The van der Waals surface area contributed by atoms with Crippen LogP contribution < -0.4 is 5.32 Å². The van der Waals surface area contributed by atoms with E-state index in [9.17, 15) is 4.79 Å². The van der Waals surface area contributed by atoms with Gasteiger partial charge in [0.1, 0.15) is 5.65 Å². The molecule has 0 aliphatic carbocycles. The minimum Gasteiger partial charge on any atom is -0.346 e. The molecule has 0 radical (unpaired) electrons. The van der Waals surface area contributed by atoms with Gasteiger partial charge in [0.25, 0.3) is 0 Å². The molecule has 150 valence electrons. The molecule has 4 rings (SSSR count). The van der Waals surface area contributed by atoms with Crippen LogP contribution in [0.3, 0.4) is 0 Å². The van der Waals surface area contributed by atoms with Crippen molar-refractivity contribution in [2.24, 2.45) is 0 Å². The van der Waals surface area contributed by atoms with Gasteiger partial charge in [-0.25, -0.2) is 4.98 Å². The lowest BCUT2D eigenvalue weighted by Gasteiger charge is -2.10. The third kappa shape index (κ3) is 4.30. The fraction of sp³-hybridized carbons (Fsp3) is 0.0833. The Morgan fingerprint density at radius 3 is 2.70 bits per heavy atom. The molecule has 5 nitrogen and oxygen atoms in total. The van der Waals surface area contributed by atoms with Crippen molar-refractivity contribution in [3.8, 4) is 22.3 Å². The first-order valence-electron chi connectivity index (χ1n) is 9.50. The summed E-state index contributed by atoms with van der Waals surface area (Å²) in [5.74, 6) is -0.232. The molecular formula is C24H22N4OS. The number of nitrogens with one attached hydrogen (secondary N) is 2. The number of rotatable bonds is 6. The highest BCUT2D eigenvalue weighted by Crippen LogP contribution is 2.33. The average Bonchev–Trinajstić information content (AvgIpc) is 3.17. The molecule has 0 aliphatic rings. The maximum atomic E-state index is 11.6. The number of aromatic nitrogens is 2. The Labute approximate surface area is 180 Å². The monoisotopic (exact) mass is 414 g/mol. The Kier molecular flexibility index (Phi) is 5.70. The molecule has 2 heterocycles. The van der Waals surface area contributed by atoms with Gasteiger partial charge in [0.05, 0.1) is 0 Å². The summed E-state index contributed by atoms with van der Waals surface area (Å²) in [5.41, 5.74) is 5.78. The van der Waals surface area contributed by atoms with Crippen molar-refractivity contribution in [2.75, 3.05) is 19.4 Å². The van der Waals surface area contributed by atoms with Gasteiger partial charge in [-0.1, -0.05) is 30.8 Å². The van der Waals surface area contributed by atoms with Gasteiger partial charge in [0, 0.05) is 39.5 Å². The highest BCUT2D eigenvalue weighted by molar-refractivity contribution is 7.97. The van der Waals surface area contributed by atoms with Crippen molar-refractivity contribution in [2.45, 2.75) is 4.90 Å². The number of carbonyl (C=O) groups excluding carboxylic acids is 1. The summed E-state index contributed by atoms with van der Waals surface area (Å²) in [6, 6.07) is 18.3. The molecule has 2 N–H and O–H groups in total. The standard InChI is InChI=1S/C24H22N4OS/c1-4-23(29)27-19-9-5-7-16(11-19)18-13-21-22(15-26-24(21)25-14-18)17-8-6-10-20(12-17)30-28(2)3/h4-15H,1H2,2-3H3,(H,25,26)(H,27,29). The van der Waals surface area contributed by atoms with Crippen molar-refractivity contribution in [3.63, 3.8) is 0 Å². The molecule has 0 atom stereocenters. The molecule has 0 spiro atoms. The highest BCUT2D eigenvalue weighted by Gasteiger charge is 2.11. The molecule has 1 amide bonds. The van der Waals surface area contributed by atoms with Gasteiger partial charge < -0.3 is 10.3 Å². The first-order valence-corrected chi connectivity index (χ1v) is 10.3. The average molecular weight is 415 g/mol. The van der Waals surface area contributed by atoms with Crippen LogP contribution in [0.1, 0.15) is 0 Å². The summed E-state index contributed by atoms with van der Waals surface area (Å²) in [7, 11) is 4.07. The number of aromatic amines is 1. The van der Waals surface area contributed by atoms with E-state index in [1.807, 2.05) is 50.8 Å². The van der Waals surface area contributed by atoms with E-state index in [-0.39, 0.29) is 5.91 Å². The van der Waals surface area contributed by atoms with E-state index < -0.39 is 0 Å². The van der Waals surface area contributed by atoms with E-state index in [1.54, 1.807) is 11.9 Å². The first-order chi connectivity index (χ1) is 14.5. The lowest BCUT2D eigenvalue weighted by Crippen LogP contribution is -2.06. The quantitative estimate of drug-likeness (QED) is 0.319. The van der Waals surface area contributed by atoms with Crippen molar-refractivity contribution in [1.82, 2.24) is 14.3 Å². The summed E-state index contributed by atoms with van der Waals surface area (Å²) in [6.45, 7) is 3.50. The molecular weight excluding hydrogens is 392 g/mol. The zero-order chi connectivity index (χ0) is 21.1. The Morgan fingerprint density at radius 2 is 1.90 bits per heavy atom. The Bertz CT molecular complexity index is 1230. The summed E-state index contributed by atoms with van der Waals surface area (Å²) in [6.07, 6.45) is 5.10. The van der Waals surface area contributed by atoms with Crippen LogP contribution in [0.4, 0.5) is 5.69 Å². The summed E-state index contributed by atoms with van der Waals surface area (Å²) in [4.78, 5) is 20.7. The molecule has 0 saturated carbocycles. The van der Waals surface area contributed by atoms with Crippen molar-refractivity contribution in [1.29, 1.82) is 0 Å². The largest absolute Gasteiger partial charge is 0.346 e. The zero-order valence-corrected chi connectivity index (χ0v) is 17.7. The van der Waals surface area contributed by atoms with Crippen molar-refractivity contribution < 1.29 is 4.79 Å². The second kappa shape index (κ2) is 8.57. The van der Waals surface area contributed by atoms with Crippen LogP contribution in [0.15, 0.2) is 84.5 Å².